The Bertz CT molecular complexity index is 626. The zero-order valence-electron chi connectivity index (χ0n) is 13.0. The number of carbonyl (C=O) groups excluding carboxylic acids is 1. The lowest BCUT2D eigenvalue weighted by Crippen LogP contribution is -2.06. The highest BCUT2D eigenvalue weighted by Gasteiger charge is 2.11. The first-order valence-corrected chi connectivity index (χ1v) is 6.76. The van der Waals surface area contributed by atoms with E-state index in [1.807, 2.05) is 13.0 Å². The van der Waals surface area contributed by atoms with Gasteiger partial charge in [-0.25, -0.2) is 4.79 Å². The van der Waals surface area contributed by atoms with Gasteiger partial charge in [0.2, 0.25) is 0 Å². The molecule has 0 aliphatic heterocycles. The lowest BCUT2D eigenvalue weighted by molar-refractivity contribution is -0.137. The topological polar surface area (TPSA) is 68.5 Å². The molecule has 0 aliphatic rings. The second-order valence-electron chi connectivity index (χ2n) is 4.55. The zero-order valence-corrected chi connectivity index (χ0v) is 13.0. The molecule has 116 valence electrons. The first-order chi connectivity index (χ1) is 10.5. The van der Waals surface area contributed by atoms with Crippen LogP contribution in [0.3, 0.4) is 0 Å². The highest BCUT2D eigenvalue weighted by molar-refractivity contribution is 5.97. The summed E-state index contributed by atoms with van der Waals surface area (Å²) in [7, 11) is 1.52. The molecule has 0 saturated heterocycles. The fourth-order valence-electron chi connectivity index (χ4n) is 1.61. The Hall–Kier alpha value is -2.74. The Labute approximate surface area is 130 Å². The van der Waals surface area contributed by atoms with Crippen LogP contribution in [-0.2, 0) is 9.53 Å². The van der Waals surface area contributed by atoms with Gasteiger partial charge in [0.1, 0.15) is 18.2 Å². The SMILES string of the molecule is C=C(C)COc1ccc(C=C(C#N)C(=O)OCC)cc1OC. The monoisotopic (exact) mass is 301 g/mol. The minimum Gasteiger partial charge on any atom is -0.493 e. The van der Waals surface area contributed by atoms with Crippen LogP contribution >= 0.6 is 0 Å². The molecular formula is C17H19NO4. The second kappa shape index (κ2) is 8.53. The maximum atomic E-state index is 11.6. The number of nitriles is 1. The molecule has 0 N–H and O–H groups in total. The second-order valence-corrected chi connectivity index (χ2v) is 4.55. The van der Waals surface area contributed by atoms with Crippen LogP contribution < -0.4 is 9.47 Å². The summed E-state index contributed by atoms with van der Waals surface area (Å²) in [5, 5.41) is 9.03. The van der Waals surface area contributed by atoms with E-state index in [0.29, 0.717) is 23.7 Å². The molecule has 0 aliphatic carbocycles. The molecule has 0 unspecified atom stereocenters. The van der Waals surface area contributed by atoms with Crippen molar-refractivity contribution >= 4 is 12.0 Å². The van der Waals surface area contributed by atoms with Crippen molar-refractivity contribution in [1.29, 1.82) is 5.26 Å². The molecule has 0 fully saturated rings. The van der Waals surface area contributed by atoms with Gasteiger partial charge in [-0.15, -0.1) is 0 Å². The first kappa shape index (κ1) is 17.3. The molecule has 1 aromatic carbocycles. The number of hydrogen-bond acceptors (Lipinski definition) is 5. The van der Waals surface area contributed by atoms with Crippen LogP contribution in [0.5, 0.6) is 11.5 Å². The number of nitrogens with zero attached hydrogens (tertiary/aromatic N) is 1. The number of esters is 1. The molecule has 0 saturated carbocycles. The Morgan fingerprint density at radius 2 is 2.14 bits per heavy atom. The maximum absolute atomic E-state index is 11.6. The van der Waals surface area contributed by atoms with Crippen molar-refractivity contribution in [1.82, 2.24) is 0 Å². The summed E-state index contributed by atoms with van der Waals surface area (Å²) in [5.41, 5.74) is 1.46. The molecule has 0 atom stereocenters. The Balaban J connectivity index is 3.04. The van der Waals surface area contributed by atoms with Crippen LogP contribution in [0.4, 0.5) is 0 Å². The summed E-state index contributed by atoms with van der Waals surface area (Å²) in [6.45, 7) is 7.92. The van der Waals surface area contributed by atoms with Gasteiger partial charge in [0.25, 0.3) is 0 Å². The van der Waals surface area contributed by atoms with Gasteiger partial charge in [0, 0.05) is 0 Å². The number of methoxy groups -OCH3 is 1. The van der Waals surface area contributed by atoms with Crippen LogP contribution in [0.25, 0.3) is 6.08 Å². The van der Waals surface area contributed by atoms with Crippen LogP contribution in [0, 0.1) is 11.3 Å². The van der Waals surface area contributed by atoms with Gasteiger partial charge in [0.15, 0.2) is 11.5 Å². The molecule has 5 heteroatoms. The maximum Gasteiger partial charge on any atom is 0.348 e. The lowest BCUT2D eigenvalue weighted by Gasteiger charge is -2.11. The number of rotatable bonds is 7. The van der Waals surface area contributed by atoms with Crippen LogP contribution in [0.2, 0.25) is 0 Å². The van der Waals surface area contributed by atoms with E-state index in [4.69, 9.17) is 19.5 Å². The summed E-state index contributed by atoms with van der Waals surface area (Å²) in [6.07, 6.45) is 1.45. The molecule has 22 heavy (non-hydrogen) atoms. The molecule has 0 spiro atoms. The van der Waals surface area contributed by atoms with Crippen molar-refractivity contribution in [2.75, 3.05) is 20.3 Å². The van der Waals surface area contributed by atoms with Crippen molar-refractivity contribution in [2.24, 2.45) is 0 Å². The van der Waals surface area contributed by atoms with Gasteiger partial charge >= 0.3 is 5.97 Å². The third-order valence-electron chi connectivity index (χ3n) is 2.59. The van der Waals surface area contributed by atoms with Gasteiger partial charge in [0.05, 0.1) is 13.7 Å². The van der Waals surface area contributed by atoms with E-state index in [0.717, 1.165) is 5.57 Å². The average Bonchev–Trinajstić information content (AvgIpc) is 2.50. The minimum atomic E-state index is -0.647. The highest BCUT2D eigenvalue weighted by atomic mass is 16.5. The van der Waals surface area contributed by atoms with E-state index in [2.05, 4.69) is 6.58 Å². The average molecular weight is 301 g/mol. The summed E-state index contributed by atoms with van der Waals surface area (Å²) in [6, 6.07) is 6.96. The summed E-state index contributed by atoms with van der Waals surface area (Å²) in [4.78, 5) is 11.6. The number of ether oxygens (including phenoxy) is 3. The molecule has 1 rings (SSSR count). The molecule has 0 amide bonds. The standard InChI is InChI=1S/C17H19NO4/c1-5-21-17(19)14(10-18)8-13-6-7-15(16(9-13)20-4)22-11-12(2)3/h6-9H,2,5,11H2,1,3-4H3. The lowest BCUT2D eigenvalue weighted by atomic mass is 10.1. The molecule has 0 bridgehead atoms. The van der Waals surface area contributed by atoms with Crippen molar-refractivity contribution in [3.05, 3.63) is 41.5 Å². The summed E-state index contributed by atoms with van der Waals surface area (Å²) >= 11 is 0. The van der Waals surface area contributed by atoms with Gasteiger partial charge < -0.3 is 14.2 Å². The normalized spacial score (nSPS) is 10.5. The molecule has 0 aromatic heterocycles. The van der Waals surface area contributed by atoms with Gasteiger partial charge in [-0.3, -0.25) is 0 Å². The van der Waals surface area contributed by atoms with Gasteiger partial charge in [-0.2, -0.15) is 5.26 Å². The van der Waals surface area contributed by atoms with Gasteiger partial charge in [-0.05, 0) is 43.2 Å². The molecule has 5 nitrogen and oxygen atoms in total. The summed E-state index contributed by atoms with van der Waals surface area (Å²) in [5.74, 6) is 0.431. The Morgan fingerprint density at radius 3 is 2.68 bits per heavy atom. The fraction of sp³-hybridized carbons (Fsp3) is 0.294. The number of carbonyl (C=O) groups is 1. The van der Waals surface area contributed by atoms with Crippen LogP contribution in [0.15, 0.2) is 35.9 Å². The number of hydrogen-bond donors (Lipinski definition) is 0. The molecule has 1 aromatic rings. The van der Waals surface area contributed by atoms with Crippen LogP contribution in [0.1, 0.15) is 19.4 Å². The van der Waals surface area contributed by atoms with E-state index in [1.165, 1.54) is 13.2 Å². The Kier molecular flexibility index (Phi) is 6.71. The van der Waals surface area contributed by atoms with Crippen molar-refractivity contribution in [3.8, 4) is 17.6 Å². The van der Waals surface area contributed by atoms with Crippen molar-refractivity contribution < 1.29 is 19.0 Å². The first-order valence-electron chi connectivity index (χ1n) is 6.76. The molecule has 0 radical (unpaired) electrons. The van der Waals surface area contributed by atoms with E-state index in [1.54, 1.807) is 25.1 Å². The quantitative estimate of drug-likeness (QED) is 0.335. The Morgan fingerprint density at radius 1 is 1.41 bits per heavy atom. The van der Waals surface area contributed by atoms with Crippen molar-refractivity contribution in [2.45, 2.75) is 13.8 Å². The van der Waals surface area contributed by atoms with E-state index < -0.39 is 5.97 Å². The van der Waals surface area contributed by atoms with E-state index >= 15 is 0 Å². The van der Waals surface area contributed by atoms with Crippen molar-refractivity contribution in [3.63, 3.8) is 0 Å². The zero-order chi connectivity index (χ0) is 16.5. The third-order valence-corrected chi connectivity index (χ3v) is 2.59. The number of benzene rings is 1. The molecular weight excluding hydrogens is 282 g/mol. The van der Waals surface area contributed by atoms with Crippen LogP contribution in [-0.4, -0.2) is 26.3 Å². The third kappa shape index (κ3) is 4.98. The van der Waals surface area contributed by atoms with E-state index in [-0.39, 0.29) is 12.2 Å². The van der Waals surface area contributed by atoms with E-state index in [9.17, 15) is 4.79 Å². The summed E-state index contributed by atoms with van der Waals surface area (Å²) < 4.78 is 15.6. The highest BCUT2D eigenvalue weighted by Crippen LogP contribution is 2.29. The fourth-order valence-corrected chi connectivity index (χ4v) is 1.61. The predicted octanol–water partition coefficient (Wildman–Crippen LogP) is 3.12. The minimum absolute atomic E-state index is 0.0699. The smallest absolute Gasteiger partial charge is 0.348 e. The molecule has 0 heterocycles. The largest absolute Gasteiger partial charge is 0.493 e. The predicted molar refractivity (Wildman–Crippen MR) is 83.5 cm³/mol. The van der Waals surface area contributed by atoms with Gasteiger partial charge in [-0.1, -0.05) is 12.6 Å².